The van der Waals surface area contributed by atoms with Crippen molar-refractivity contribution in [2.45, 2.75) is 0 Å². The highest BCUT2D eigenvalue weighted by atomic mass is 32.1. The standard InChI is InChI=1S/C31H20N2S/c1-2-8-21(9-3-1)22-14-16-25(17-15-22)33-29-13-7-6-12-28(29)32-31(33)27-20-34-30-19-24-11-5-4-10-23(24)18-26(27)30/h1-20H. The number of para-hydroxylation sites is 2. The molecule has 0 radical (unpaired) electrons. The van der Waals surface area contributed by atoms with E-state index in [9.17, 15) is 0 Å². The molecule has 34 heavy (non-hydrogen) atoms. The van der Waals surface area contributed by atoms with Crippen molar-refractivity contribution in [1.82, 2.24) is 9.55 Å². The molecule has 7 aromatic rings. The summed E-state index contributed by atoms with van der Waals surface area (Å²) >= 11 is 1.78. The molecule has 0 fully saturated rings. The summed E-state index contributed by atoms with van der Waals surface area (Å²) in [6.45, 7) is 0. The van der Waals surface area contributed by atoms with E-state index in [1.54, 1.807) is 11.3 Å². The van der Waals surface area contributed by atoms with E-state index in [1.165, 1.54) is 37.5 Å². The first-order valence-corrected chi connectivity index (χ1v) is 12.3. The molecule has 2 aromatic heterocycles. The van der Waals surface area contributed by atoms with Crippen LogP contribution in [0.25, 0.3) is 60.1 Å². The zero-order valence-corrected chi connectivity index (χ0v) is 19.2. The highest BCUT2D eigenvalue weighted by Crippen LogP contribution is 2.38. The fourth-order valence-corrected chi connectivity index (χ4v) is 5.76. The van der Waals surface area contributed by atoms with E-state index < -0.39 is 0 Å². The lowest BCUT2D eigenvalue weighted by Crippen LogP contribution is -1.97. The second-order valence-corrected chi connectivity index (χ2v) is 9.43. The van der Waals surface area contributed by atoms with Crippen LogP contribution in [0, 0.1) is 0 Å². The molecule has 0 unspecified atom stereocenters. The van der Waals surface area contributed by atoms with Gasteiger partial charge >= 0.3 is 0 Å². The van der Waals surface area contributed by atoms with Gasteiger partial charge in [-0.3, -0.25) is 4.57 Å². The quantitative estimate of drug-likeness (QED) is 0.262. The molecule has 0 N–H and O–H groups in total. The molecule has 5 aromatic carbocycles. The third kappa shape index (κ3) is 3.06. The second kappa shape index (κ2) is 7.68. The van der Waals surface area contributed by atoms with Crippen molar-refractivity contribution in [3.05, 3.63) is 121 Å². The second-order valence-electron chi connectivity index (χ2n) is 8.52. The van der Waals surface area contributed by atoms with Crippen LogP contribution in [0.15, 0.2) is 121 Å². The number of benzene rings is 5. The van der Waals surface area contributed by atoms with Crippen molar-refractivity contribution in [2.24, 2.45) is 0 Å². The van der Waals surface area contributed by atoms with Gasteiger partial charge in [0.15, 0.2) is 0 Å². The van der Waals surface area contributed by atoms with Crippen LogP contribution in [-0.4, -0.2) is 9.55 Å². The normalized spacial score (nSPS) is 11.5. The lowest BCUT2D eigenvalue weighted by Gasteiger charge is -2.11. The van der Waals surface area contributed by atoms with Crippen LogP contribution in [0.2, 0.25) is 0 Å². The number of thiophene rings is 1. The smallest absolute Gasteiger partial charge is 0.147 e. The Bertz CT molecular complexity index is 1790. The maximum atomic E-state index is 5.11. The highest BCUT2D eigenvalue weighted by molar-refractivity contribution is 7.17. The Morgan fingerprint density at radius 3 is 2.12 bits per heavy atom. The van der Waals surface area contributed by atoms with E-state index in [-0.39, 0.29) is 0 Å². The molecule has 0 aliphatic carbocycles. The first-order chi connectivity index (χ1) is 16.8. The van der Waals surface area contributed by atoms with Crippen LogP contribution in [0.3, 0.4) is 0 Å². The van der Waals surface area contributed by atoms with Crippen LogP contribution >= 0.6 is 11.3 Å². The first kappa shape index (κ1) is 19.3. The third-order valence-electron chi connectivity index (χ3n) is 6.48. The largest absolute Gasteiger partial charge is 0.292 e. The Balaban J connectivity index is 1.45. The summed E-state index contributed by atoms with van der Waals surface area (Å²) in [5.74, 6) is 0.982. The number of imidazole rings is 1. The van der Waals surface area contributed by atoms with Crippen LogP contribution in [-0.2, 0) is 0 Å². The summed E-state index contributed by atoms with van der Waals surface area (Å²) in [6.07, 6.45) is 0. The molecular weight excluding hydrogens is 432 g/mol. The molecule has 0 saturated heterocycles. The van der Waals surface area contributed by atoms with Crippen molar-refractivity contribution in [3.63, 3.8) is 0 Å². The molecule has 0 amide bonds. The molecule has 3 heteroatoms. The van der Waals surface area contributed by atoms with Crippen molar-refractivity contribution in [3.8, 4) is 28.2 Å². The Morgan fingerprint density at radius 1 is 0.618 bits per heavy atom. The van der Waals surface area contributed by atoms with Gasteiger partial charge in [-0.25, -0.2) is 4.98 Å². The van der Waals surface area contributed by atoms with E-state index in [1.807, 2.05) is 0 Å². The molecular formula is C31H20N2S. The summed E-state index contributed by atoms with van der Waals surface area (Å²) in [5, 5.41) is 6.03. The predicted octanol–water partition coefficient (Wildman–Crippen LogP) is 8.73. The maximum Gasteiger partial charge on any atom is 0.147 e. The van der Waals surface area contributed by atoms with Crippen LogP contribution in [0.1, 0.15) is 0 Å². The minimum absolute atomic E-state index is 0.982. The van der Waals surface area contributed by atoms with Gasteiger partial charge in [0, 0.05) is 26.7 Å². The number of hydrogen-bond donors (Lipinski definition) is 0. The third-order valence-corrected chi connectivity index (χ3v) is 7.42. The van der Waals surface area contributed by atoms with E-state index >= 15 is 0 Å². The maximum absolute atomic E-state index is 5.11. The zero-order valence-electron chi connectivity index (χ0n) is 18.3. The summed E-state index contributed by atoms with van der Waals surface area (Å²) in [5.41, 5.74) is 6.84. The average molecular weight is 453 g/mol. The lowest BCUT2D eigenvalue weighted by atomic mass is 10.0. The van der Waals surface area contributed by atoms with E-state index in [0.717, 1.165) is 22.5 Å². The minimum atomic E-state index is 0.982. The van der Waals surface area contributed by atoms with E-state index in [0.29, 0.717) is 0 Å². The molecule has 7 rings (SSSR count). The van der Waals surface area contributed by atoms with Gasteiger partial charge in [0.1, 0.15) is 5.82 Å². The van der Waals surface area contributed by atoms with Gasteiger partial charge in [-0.2, -0.15) is 0 Å². The van der Waals surface area contributed by atoms with Gasteiger partial charge in [0.2, 0.25) is 0 Å². The molecule has 0 spiro atoms. The number of aromatic nitrogens is 2. The molecule has 0 aliphatic rings. The van der Waals surface area contributed by atoms with Gasteiger partial charge in [-0.05, 0) is 58.3 Å². The molecule has 2 nitrogen and oxygen atoms in total. The summed E-state index contributed by atoms with van der Waals surface area (Å²) in [4.78, 5) is 5.11. The SMILES string of the molecule is c1ccc(-c2ccc(-n3c(-c4csc5cc6ccccc6cc45)nc4ccccc43)cc2)cc1. The fraction of sp³-hybridized carbons (Fsp3) is 0. The Labute approximate surface area is 201 Å². The summed E-state index contributed by atoms with van der Waals surface area (Å²) < 4.78 is 3.58. The van der Waals surface area contributed by atoms with E-state index in [2.05, 4.69) is 125 Å². The van der Waals surface area contributed by atoms with Gasteiger partial charge in [-0.1, -0.05) is 78.9 Å². The first-order valence-electron chi connectivity index (χ1n) is 11.4. The van der Waals surface area contributed by atoms with Gasteiger partial charge < -0.3 is 0 Å². The molecule has 0 atom stereocenters. The molecule has 160 valence electrons. The van der Waals surface area contributed by atoms with Gasteiger partial charge in [0.05, 0.1) is 11.0 Å². The topological polar surface area (TPSA) is 17.8 Å². The zero-order chi connectivity index (χ0) is 22.5. The molecule has 0 saturated carbocycles. The van der Waals surface area contributed by atoms with E-state index in [4.69, 9.17) is 4.98 Å². The number of rotatable bonds is 3. The Kier molecular flexibility index (Phi) is 4.36. The summed E-state index contributed by atoms with van der Waals surface area (Å²) in [6, 6.07) is 40.8. The number of hydrogen-bond acceptors (Lipinski definition) is 2. The average Bonchev–Trinajstić information content (AvgIpc) is 3.49. The monoisotopic (exact) mass is 452 g/mol. The van der Waals surface area contributed by atoms with Crippen LogP contribution < -0.4 is 0 Å². The molecule has 0 bridgehead atoms. The Morgan fingerprint density at radius 2 is 1.29 bits per heavy atom. The Hall–Kier alpha value is -4.21. The minimum Gasteiger partial charge on any atom is -0.292 e. The van der Waals surface area contributed by atoms with Crippen molar-refractivity contribution >= 4 is 43.2 Å². The number of nitrogens with zero attached hydrogens (tertiary/aromatic N) is 2. The van der Waals surface area contributed by atoms with Crippen molar-refractivity contribution < 1.29 is 0 Å². The lowest BCUT2D eigenvalue weighted by molar-refractivity contribution is 1.11. The molecule has 0 aliphatic heterocycles. The van der Waals surface area contributed by atoms with Gasteiger partial charge in [0.25, 0.3) is 0 Å². The predicted molar refractivity (Wildman–Crippen MR) is 145 cm³/mol. The van der Waals surface area contributed by atoms with Gasteiger partial charge in [-0.15, -0.1) is 11.3 Å². The van der Waals surface area contributed by atoms with Crippen LogP contribution in [0.5, 0.6) is 0 Å². The highest BCUT2D eigenvalue weighted by Gasteiger charge is 2.18. The molecule has 2 heterocycles. The fourth-order valence-electron chi connectivity index (χ4n) is 4.79. The van der Waals surface area contributed by atoms with Crippen LogP contribution in [0.4, 0.5) is 0 Å². The van der Waals surface area contributed by atoms with Crippen molar-refractivity contribution in [2.75, 3.05) is 0 Å². The summed E-state index contributed by atoms with van der Waals surface area (Å²) in [7, 11) is 0. The van der Waals surface area contributed by atoms with Crippen molar-refractivity contribution in [1.29, 1.82) is 0 Å². The number of fused-ring (bicyclic) bond motifs is 3.